The zero-order valence-electron chi connectivity index (χ0n) is 11.9. The van der Waals surface area contributed by atoms with E-state index < -0.39 is 0 Å². The van der Waals surface area contributed by atoms with E-state index in [2.05, 4.69) is 18.8 Å². The number of fused-ring (bicyclic) bond motifs is 3. The van der Waals surface area contributed by atoms with Crippen molar-refractivity contribution in [2.45, 2.75) is 33.2 Å². The molecular formula is C16H19ClN2O. The van der Waals surface area contributed by atoms with Gasteiger partial charge in [-0.15, -0.1) is 0 Å². The molecule has 3 nitrogen and oxygen atoms in total. The van der Waals surface area contributed by atoms with E-state index in [9.17, 15) is 4.79 Å². The van der Waals surface area contributed by atoms with Crippen molar-refractivity contribution in [2.75, 3.05) is 6.54 Å². The molecule has 1 N–H and O–H groups in total. The van der Waals surface area contributed by atoms with Crippen molar-refractivity contribution < 1.29 is 4.79 Å². The van der Waals surface area contributed by atoms with Crippen LogP contribution in [0.2, 0.25) is 5.02 Å². The number of amides is 1. The van der Waals surface area contributed by atoms with E-state index in [0.29, 0.717) is 18.9 Å². The van der Waals surface area contributed by atoms with Crippen LogP contribution in [0.15, 0.2) is 18.2 Å². The number of rotatable bonds is 2. The fourth-order valence-corrected chi connectivity index (χ4v) is 3.06. The second kappa shape index (κ2) is 5.13. The first kappa shape index (κ1) is 13.5. The molecule has 0 saturated carbocycles. The Labute approximate surface area is 123 Å². The van der Waals surface area contributed by atoms with Crippen molar-refractivity contribution in [2.24, 2.45) is 5.92 Å². The minimum absolute atomic E-state index is 0.258. The number of carbonyl (C=O) groups is 1. The molecule has 20 heavy (non-hydrogen) atoms. The van der Waals surface area contributed by atoms with Crippen molar-refractivity contribution in [1.82, 2.24) is 9.88 Å². The van der Waals surface area contributed by atoms with Crippen LogP contribution < -0.4 is 0 Å². The molecule has 4 heteroatoms. The Morgan fingerprint density at radius 2 is 2.25 bits per heavy atom. The summed E-state index contributed by atoms with van der Waals surface area (Å²) in [5.41, 5.74) is 3.57. The molecule has 2 heterocycles. The summed E-state index contributed by atoms with van der Waals surface area (Å²) >= 11 is 6.03. The third-order valence-corrected chi connectivity index (χ3v) is 4.11. The van der Waals surface area contributed by atoms with Crippen LogP contribution in [0.4, 0.5) is 0 Å². The van der Waals surface area contributed by atoms with Gasteiger partial charge in [-0.1, -0.05) is 31.5 Å². The van der Waals surface area contributed by atoms with Gasteiger partial charge in [0.05, 0.1) is 0 Å². The van der Waals surface area contributed by atoms with Gasteiger partial charge in [0.2, 0.25) is 5.91 Å². The van der Waals surface area contributed by atoms with Crippen molar-refractivity contribution in [3.8, 4) is 0 Å². The standard InChI is InChI=1S/C16H19ClN2O/c1-10(2)7-16(20)19-6-5-14-13(9-19)12-4-3-11(17)8-15(12)18-14/h3-4,8,10,18H,5-7,9H2,1-2H3. The van der Waals surface area contributed by atoms with Gasteiger partial charge in [0, 0.05) is 53.1 Å². The Kier molecular flexibility index (Phi) is 3.47. The van der Waals surface area contributed by atoms with Crippen LogP contribution >= 0.6 is 11.6 Å². The van der Waals surface area contributed by atoms with E-state index in [1.165, 1.54) is 16.6 Å². The molecule has 0 saturated heterocycles. The molecule has 1 aliphatic rings. The first-order chi connectivity index (χ1) is 9.54. The molecular weight excluding hydrogens is 272 g/mol. The smallest absolute Gasteiger partial charge is 0.223 e. The number of aromatic amines is 1. The highest BCUT2D eigenvalue weighted by Gasteiger charge is 2.24. The summed E-state index contributed by atoms with van der Waals surface area (Å²) in [5, 5.41) is 1.93. The lowest BCUT2D eigenvalue weighted by Crippen LogP contribution is -2.36. The monoisotopic (exact) mass is 290 g/mol. The third kappa shape index (κ3) is 2.42. The predicted octanol–water partition coefficient (Wildman–Crippen LogP) is 3.75. The third-order valence-electron chi connectivity index (χ3n) is 3.87. The van der Waals surface area contributed by atoms with Gasteiger partial charge in [-0.05, 0) is 18.1 Å². The van der Waals surface area contributed by atoms with Gasteiger partial charge in [0.15, 0.2) is 0 Å². The number of hydrogen-bond acceptors (Lipinski definition) is 1. The number of halogens is 1. The minimum Gasteiger partial charge on any atom is -0.358 e. The Balaban J connectivity index is 1.90. The summed E-state index contributed by atoms with van der Waals surface area (Å²) in [4.78, 5) is 17.6. The molecule has 0 fully saturated rings. The summed E-state index contributed by atoms with van der Waals surface area (Å²) in [5.74, 6) is 0.666. The second-order valence-electron chi connectivity index (χ2n) is 5.94. The average Bonchev–Trinajstić information content (AvgIpc) is 2.74. The number of nitrogens with zero attached hydrogens (tertiary/aromatic N) is 1. The maximum atomic E-state index is 12.2. The number of H-pyrrole nitrogens is 1. The van der Waals surface area contributed by atoms with Gasteiger partial charge in [0.25, 0.3) is 0 Å². The van der Waals surface area contributed by atoms with Gasteiger partial charge < -0.3 is 9.88 Å². The van der Waals surface area contributed by atoms with Crippen LogP contribution in [0.1, 0.15) is 31.5 Å². The summed E-state index contributed by atoms with van der Waals surface area (Å²) in [6, 6.07) is 5.91. The second-order valence-corrected chi connectivity index (χ2v) is 6.37. The van der Waals surface area contributed by atoms with E-state index in [0.717, 1.165) is 23.5 Å². The molecule has 1 aromatic carbocycles. The quantitative estimate of drug-likeness (QED) is 0.898. The Bertz CT molecular complexity index is 660. The van der Waals surface area contributed by atoms with Crippen LogP contribution in [-0.2, 0) is 17.8 Å². The molecule has 0 aliphatic carbocycles. The number of aromatic nitrogens is 1. The zero-order valence-corrected chi connectivity index (χ0v) is 12.6. The van der Waals surface area contributed by atoms with E-state index in [1.54, 1.807) is 0 Å². The highest BCUT2D eigenvalue weighted by molar-refractivity contribution is 6.31. The molecule has 106 valence electrons. The van der Waals surface area contributed by atoms with Crippen molar-refractivity contribution >= 4 is 28.4 Å². The number of benzene rings is 1. The van der Waals surface area contributed by atoms with Gasteiger partial charge in [0.1, 0.15) is 0 Å². The Hall–Kier alpha value is -1.48. The maximum absolute atomic E-state index is 12.2. The zero-order chi connectivity index (χ0) is 14.3. The van der Waals surface area contributed by atoms with Crippen LogP contribution in [0.25, 0.3) is 10.9 Å². The lowest BCUT2D eigenvalue weighted by Gasteiger charge is -2.28. The van der Waals surface area contributed by atoms with Crippen LogP contribution in [-0.4, -0.2) is 22.3 Å². The summed E-state index contributed by atoms with van der Waals surface area (Å²) < 4.78 is 0. The van der Waals surface area contributed by atoms with Crippen LogP contribution in [0.3, 0.4) is 0 Å². The molecule has 0 bridgehead atoms. The number of hydrogen-bond donors (Lipinski definition) is 1. The van der Waals surface area contributed by atoms with E-state index in [-0.39, 0.29) is 5.91 Å². The average molecular weight is 291 g/mol. The van der Waals surface area contributed by atoms with Crippen molar-refractivity contribution in [3.05, 3.63) is 34.5 Å². The van der Waals surface area contributed by atoms with E-state index in [1.807, 2.05) is 23.1 Å². The molecule has 3 rings (SSSR count). The maximum Gasteiger partial charge on any atom is 0.223 e. The molecule has 0 unspecified atom stereocenters. The lowest BCUT2D eigenvalue weighted by molar-refractivity contribution is -0.132. The molecule has 0 spiro atoms. The largest absolute Gasteiger partial charge is 0.358 e. The molecule has 1 aromatic heterocycles. The van der Waals surface area contributed by atoms with Gasteiger partial charge in [-0.2, -0.15) is 0 Å². The fourth-order valence-electron chi connectivity index (χ4n) is 2.89. The van der Waals surface area contributed by atoms with E-state index in [4.69, 9.17) is 11.6 Å². The minimum atomic E-state index is 0.258. The summed E-state index contributed by atoms with van der Waals surface area (Å²) in [7, 11) is 0. The lowest BCUT2D eigenvalue weighted by atomic mass is 10.0. The van der Waals surface area contributed by atoms with Gasteiger partial charge >= 0.3 is 0 Å². The fraction of sp³-hybridized carbons (Fsp3) is 0.438. The van der Waals surface area contributed by atoms with Gasteiger partial charge in [-0.3, -0.25) is 4.79 Å². The molecule has 1 amide bonds. The SMILES string of the molecule is CC(C)CC(=O)N1CCc2[nH]c3cc(Cl)ccc3c2C1. The van der Waals surface area contributed by atoms with Crippen LogP contribution in [0.5, 0.6) is 0 Å². The van der Waals surface area contributed by atoms with Crippen molar-refractivity contribution in [3.63, 3.8) is 0 Å². The van der Waals surface area contributed by atoms with Crippen LogP contribution in [0, 0.1) is 5.92 Å². The van der Waals surface area contributed by atoms with Crippen molar-refractivity contribution in [1.29, 1.82) is 0 Å². The Morgan fingerprint density at radius 1 is 1.45 bits per heavy atom. The van der Waals surface area contributed by atoms with E-state index >= 15 is 0 Å². The first-order valence-corrected chi connectivity index (χ1v) is 7.49. The normalized spacial score (nSPS) is 14.9. The highest BCUT2D eigenvalue weighted by atomic mass is 35.5. The van der Waals surface area contributed by atoms with Gasteiger partial charge in [-0.25, -0.2) is 0 Å². The Morgan fingerprint density at radius 3 is 3.00 bits per heavy atom. The summed E-state index contributed by atoms with van der Waals surface area (Å²) in [6.45, 7) is 5.68. The number of nitrogens with one attached hydrogen (secondary N) is 1. The molecule has 1 aliphatic heterocycles. The topological polar surface area (TPSA) is 36.1 Å². The predicted molar refractivity (Wildman–Crippen MR) is 81.9 cm³/mol. The molecule has 0 radical (unpaired) electrons. The highest BCUT2D eigenvalue weighted by Crippen LogP contribution is 2.29. The number of carbonyl (C=O) groups excluding carboxylic acids is 1. The molecule has 2 aromatic rings. The summed E-state index contributed by atoms with van der Waals surface area (Å²) in [6.07, 6.45) is 1.52. The molecule has 0 atom stereocenters. The first-order valence-electron chi connectivity index (χ1n) is 7.11.